The van der Waals surface area contributed by atoms with Gasteiger partial charge < -0.3 is 5.32 Å². The fraction of sp³-hybridized carbons (Fsp3) is 0.545. The number of nitrogens with zero attached hydrogens (tertiary/aromatic N) is 1. The Bertz CT molecular complexity index is 343. The molecule has 0 saturated heterocycles. The Morgan fingerprint density at radius 2 is 2.07 bits per heavy atom. The molecule has 0 radical (unpaired) electrons. The lowest BCUT2D eigenvalue weighted by Crippen LogP contribution is -2.31. The van der Waals surface area contributed by atoms with Crippen molar-refractivity contribution in [2.45, 2.75) is 33.7 Å². The Balaban J connectivity index is 3.01. The number of hydrogen-bond acceptors (Lipinski definition) is 2. The monoisotopic (exact) mass is 254 g/mol. The predicted octanol–water partition coefficient (Wildman–Crippen LogP) is 3.08. The van der Waals surface area contributed by atoms with E-state index >= 15 is 0 Å². The maximum atomic E-state index is 8.98. The minimum absolute atomic E-state index is 0.197. The summed E-state index contributed by atoms with van der Waals surface area (Å²) in [6.07, 6.45) is 1.89. The molecule has 0 bridgehead atoms. The minimum Gasteiger partial charge on any atom is -0.385 e. The summed E-state index contributed by atoms with van der Waals surface area (Å²) in [5, 5.41) is 12.4. The van der Waals surface area contributed by atoms with Crippen LogP contribution in [-0.2, 0) is 0 Å². The number of nitriles is 1. The molecule has 0 spiro atoms. The molecule has 1 rings (SSSR count). The highest BCUT2D eigenvalue weighted by molar-refractivity contribution is 9.11. The highest BCUT2D eigenvalue weighted by atomic mass is 79.9. The molecule has 0 aliphatic heterocycles. The summed E-state index contributed by atoms with van der Waals surface area (Å²) in [6, 6.07) is 2.62. The van der Waals surface area contributed by atoms with Crippen molar-refractivity contribution in [2.75, 3.05) is 0 Å². The molecule has 0 saturated carbocycles. The van der Waals surface area contributed by atoms with E-state index in [0.29, 0.717) is 6.04 Å². The van der Waals surface area contributed by atoms with Crippen LogP contribution in [0, 0.1) is 16.7 Å². The zero-order valence-electron chi connectivity index (χ0n) is 8.98. The third-order valence-electron chi connectivity index (χ3n) is 2.36. The smallest absolute Gasteiger partial charge is 0.0957 e. The maximum Gasteiger partial charge on any atom is 0.0957 e. The SMILES string of the molecule is CC(C)NC1=C(Br)C=C(C#N)C1(C)C. The van der Waals surface area contributed by atoms with Crippen molar-refractivity contribution in [3.63, 3.8) is 0 Å². The van der Waals surface area contributed by atoms with Gasteiger partial charge in [0.05, 0.1) is 6.07 Å². The standard InChI is InChI=1S/C11H15BrN2/c1-7(2)14-10-9(12)5-8(6-13)11(10,3)4/h5,7,14H,1-4H3. The van der Waals surface area contributed by atoms with Crippen molar-refractivity contribution in [1.29, 1.82) is 5.26 Å². The summed E-state index contributed by atoms with van der Waals surface area (Å²) >= 11 is 3.48. The molecular formula is C11H15BrN2. The van der Waals surface area contributed by atoms with E-state index in [0.717, 1.165) is 15.8 Å². The third kappa shape index (κ3) is 1.85. The Hall–Kier alpha value is -0.750. The molecule has 2 nitrogen and oxygen atoms in total. The summed E-state index contributed by atoms with van der Waals surface area (Å²) in [5.74, 6) is 0. The van der Waals surface area contributed by atoms with Gasteiger partial charge in [-0.3, -0.25) is 0 Å². The number of nitrogens with one attached hydrogen (secondary N) is 1. The lowest BCUT2D eigenvalue weighted by atomic mass is 9.85. The van der Waals surface area contributed by atoms with Crippen molar-refractivity contribution >= 4 is 15.9 Å². The van der Waals surface area contributed by atoms with Gasteiger partial charge in [-0.2, -0.15) is 5.26 Å². The summed E-state index contributed by atoms with van der Waals surface area (Å²) in [6.45, 7) is 8.30. The zero-order chi connectivity index (χ0) is 10.9. The molecule has 0 aromatic rings. The number of hydrogen-bond donors (Lipinski definition) is 1. The highest BCUT2D eigenvalue weighted by Gasteiger charge is 2.35. The van der Waals surface area contributed by atoms with Gasteiger partial charge in [0, 0.05) is 27.2 Å². The van der Waals surface area contributed by atoms with Gasteiger partial charge in [-0.05, 0) is 49.7 Å². The first kappa shape index (κ1) is 11.3. The average molecular weight is 255 g/mol. The van der Waals surface area contributed by atoms with Crippen molar-refractivity contribution in [3.05, 3.63) is 21.8 Å². The molecule has 0 unspecified atom stereocenters. The first-order valence-electron chi connectivity index (χ1n) is 4.68. The first-order chi connectivity index (χ1) is 6.39. The second-order valence-corrected chi connectivity index (χ2v) is 5.17. The third-order valence-corrected chi connectivity index (χ3v) is 2.99. The molecule has 0 heterocycles. The van der Waals surface area contributed by atoms with Gasteiger partial charge >= 0.3 is 0 Å². The Morgan fingerprint density at radius 1 is 1.50 bits per heavy atom. The van der Waals surface area contributed by atoms with E-state index in [1.54, 1.807) is 0 Å². The zero-order valence-corrected chi connectivity index (χ0v) is 10.6. The Kier molecular flexibility index (Phi) is 3.06. The molecule has 3 heteroatoms. The molecule has 0 fully saturated rings. The van der Waals surface area contributed by atoms with Gasteiger partial charge in [0.15, 0.2) is 0 Å². The van der Waals surface area contributed by atoms with Crippen LogP contribution in [0.5, 0.6) is 0 Å². The van der Waals surface area contributed by atoms with Crippen LogP contribution in [0.25, 0.3) is 0 Å². The number of rotatable bonds is 2. The summed E-state index contributed by atoms with van der Waals surface area (Å²) in [4.78, 5) is 0. The van der Waals surface area contributed by atoms with Crippen molar-refractivity contribution in [3.8, 4) is 6.07 Å². The van der Waals surface area contributed by atoms with E-state index in [-0.39, 0.29) is 5.41 Å². The Labute approximate surface area is 93.8 Å². The molecular weight excluding hydrogens is 240 g/mol. The van der Waals surface area contributed by atoms with Gasteiger partial charge in [0.25, 0.3) is 0 Å². The molecule has 14 heavy (non-hydrogen) atoms. The van der Waals surface area contributed by atoms with Crippen LogP contribution in [0.1, 0.15) is 27.7 Å². The van der Waals surface area contributed by atoms with E-state index in [2.05, 4.69) is 55.0 Å². The summed E-state index contributed by atoms with van der Waals surface area (Å²) in [7, 11) is 0. The van der Waals surface area contributed by atoms with Gasteiger partial charge in [0.2, 0.25) is 0 Å². The van der Waals surface area contributed by atoms with Crippen molar-refractivity contribution in [1.82, 2.24) is 5.32 Å². The van der Waals surface area contributed by atoms with E-state index in [4.69, 9.17) is 5.26 Å². The first-order valence-corrected chi connectivity index (χ1v) is 5.48. The van der Waals surface area contributed by atoms with Crippen LogP contribution >= 0.6 is 15.9 Å². The van der Waals surface area contributed by atoms with E-state index in [9.17, 15) is 0 Å². The van der Waals surface area contributed by atoms with Gasteiger partial charge in [-0.1, -0.05) is 0 Å². The maximum absolute atomic E-state index is 8.98. The van der Waals surface area contributed by atoms with Crippen LogP contribution in [0.4, 0.5) is 0 Å². The van der Waals surface area contributed by atoms with E-state index in [1.807, 2.05) is 6.08 Å². The molecule has 1 aliphatic rings. The lowest BCUT2D eigenvalue weighted by Gasteiger charge is -2.26. The second kappa shape index (κ2) is 3.78. The quantitative estimate of drug-likeness (QED) is 0.823. The normalized spacial score (nSPS) is 19.6. The average Bonchev–Trinajstić information content (AvgIpc) is 2.27. The summed E-state index contributed by atoms with van der Waals surface area (Å²) in [5.41, 5.74) is 1.70. The fourth-order valence-electron chi connectivity index (χ4n) is 1.52. The van der Waals surface area contributed by atoms with E-state index < -0.39 is 0 Å². The minimum atomic E-state index is -0.197. The largest absolute Gasteiger partial charge is 0.385 e. The highest BCUT2D eigenvalue weighted by Crippen LogP contribution is 2.43. The molecule has 1 N–H and O–H groups in total. The van der Waals surface area contributed by atoms with Crippen molar-refractivity contribution in [2.24, 2.45) is 5.41 Å². The molecule has 0 aromatic carbocycles. The number of halogens is 1. The molecule has 0 atom stereocenters. The molecule has 76 valence electrons. The van der Waals surface area contributed by atoms with Gasteiger partial charge in [0.1, 0.15) is 0 Å². The Morgan fingerprint density at radius 3 is 2.43 bits per heavy atom. The fourth-order valence-corrected chi connectivity index (χ4v) is 2.36. The van der Waals surface area contributed by atoms with Crippen LogP contribution in [-0.4, -0.2) is 6.04 Å². The lowest BCUT2D eigenvalue weighted by molar-refractivity contribution is 0.488. The van der Waals surface area contributed by atoms with Crippen molar-refractivity contribution < 1.29 is 0 Å². The van der Waals surface area contributed by atoms with Crippen LogP contribution in [0.2, 0.25) is 0 Å². The topological polar surface area (TPSA) is 35.8 Å². The molecule has 0 amide bonds. The van der Waals surface area contributed by atoms with Crippen LogP contribution in [0.15, 0.2) is 21.8 Å². The van der Waals surface area contributed by atoms with Gasteiger partial charge in [-0.15, -0.1) is 0 Å². The molecule has 1 aliphatic carbocycles. The summed E-state index contributed by atoms with van der Waals surface area (Å²) < 4.78 is 0.993. The predicted molar refractivity (Wildman–Crippen MR) is 61.7 cm³/mol. The number of allylic oxidation sites excluding steroid dienone is 3. The van der Waals surface area contributed by atoms with E-state index in [1.165, 1.54) is 0 Å². The van der Waals surface area contributed by atoms with Crippen LogP contribution < -0.4 is 5.32 Å². The van der Waals surface area contributed by atoms with Gasteiger partial charge in [-0.25, -0.2) is 0 Å². The van der Waals surface area contributed by atoms with Crippen LogP contribution in [0.3, 0.4) is 0 Å². The second-order valence-electron chi connectivity index (χ2n) is 4.32. The molecule has 0 aromatic heterocycles.